The lowest BCUT2D eigenvalue weighted by Crippen LogP contribution is -2.67. The molecule has 0 amide bonds. The molecule has 1 spiro atoms. The van der Waals surface area contributed by atoms with Gasteiger partial charge in [0, 0.05) is 23.7 Å². The minimum atomic E-state index is -1.93. The van der Waals surface area contributed by atoms with Crippen LogP contribution in [0.25, 0.3) is 0 Å². The van der Waals surface area contributed by atoms with Crippen LogP contribution in [0.2, 0.25) is 0 Å². The molecule has 4 aliphatic carbocycles. The summed E-state index contributed by atoms with van der Waals surface area (Å²) in [5.41, 5.74) is -0.0583. The molecule has 20 heteroatoms. The van der Waals surface area contributed by atoms with Crippen LogP contribution in [0.1, 0.15) is 72.6 Å². The summed E-state index contributed by atoms with van der Waals surface area (Å²) in [4.78, 5) is 14.5. The Morgan fingerprint density at radius 1 is 0.692 bits per heavy atom. The standard InChI is InChI=1S/C45H70O20/c1-17-7-8-45(58-16-17)18(2)30-25(65-45)10-22-20-6-5-19-9-24(23(49)12-43(19,3)21(20)11-29(50)44(22,30)4)59-40-37(57)35(55)38(28(15-48)62-40)63-42-39(34(54)32(52)27(14-47)61-42)64-41-36(56)33(53)31(51)26(13-46)60-41/h11,17-20,22-28,30-42,46-49,51-57H,5-10,12-16H2,1-4H3. The smallest absolute Gasteiger partial charge is 0.187 e. The van der Waals surface area contributed by atoms with E-state index < -0.39 is 141 Å². The molecule has 0 radical (unpaired) electrons. The van der Waals surface area contributed by atoms with Crippen molar-refractivity contribution in [1.29, 1.82) is 0 Å². The summed E-state index contributed by atoms with van der Waals surface area (Å²) in [5.74, 6) is 0.251. The summed E-state index contributed by atoms with van der Waals surface area (Å²) in [7, 11) is 0. The quantitative estimate of drug-likeness (QED) is 0.105. The Labute approximate surface area is 377 Å². The van der Waals surface area contributed by atoms with Gasteiger partial charge in [0.25, 0.3) is 0 Å². The SMILES string of the molecule is CC1CCC2(OC1)OC1CC3C4CCC5CC(OC6OC(CO)C(OC7OC(CO)C(O)C(O)C7OC7OC(CO)C(O)C(O)C7O)C(O)C6O)C(O)CC5(C)C4=CC(=O)C3(C)C1C2C. The zero-order valence-corrected chi connectivity index (χ0v) is 37.3. The van der Waals surface area contributed by atoms with E-state index in [-0.39, 0.29) is 47.9 Å². The van der Waals surface area contributed by atoms with Gasteiger partial charge in [-0.2, -0.15) is 0 Å². The molecule has 0 aromatic carbocycles. The van der Waals surface area contributed by atoms with E-state index in [1.807, 2.05) is 6.08 Å². The molecule has 370 valence electrons. The lowest BCUT2D eigenvalue weighted by Gasteiger charge is -2.57. The normalized spacial score (nSPS) is 56.7. The highest BCUT2D eigenvalue weighted by molar-refractivity contribution is 5.97. The van der Waals surface area contributed by atoms with Crippen LogP contribution in [0.3, 0.4) is 0 Å². The van der Waals surface area contributed by atoms with E-state index >= 15 is 0 Å². The van der Waals surface area contributed by atoms with Crippen molar-refractivity contribution in [1.82, 2.24) is 0 Å². The topological polar surface area (TPSA) is 313 Å². The molecule has 27 atom stereocenters. The minimum absolute atomic E-state index is 0.00626. The highest BCUT2D eigenvalue weighted by atomic mass is 16.8. The summed E-state index contributed by atoms with van der Waals surface area (Å²) in [6, 6.07) is 0. The predicted octanol–water partition coefficient (Wildman–Crippen LogP) is -2.66. The third kappa shape index (κ3) is 7.82. The number of ether oxygens (including phenoxy) is 8. The van der Waals surface area contributed by atoms with Crippen LogP contribution >= 0.6 is 0 Å². The molecule has 65 heavy (non-hydrogen) atoms. The largest absolute Gasteiger partial charge is 0.394 e. The average Bonchev–Trinajstić information content (AvgIpc) is 3.73. The van der Waals surface area contributed by atoms with Crippen LogP contribution in [-0.4, -0.2) is 205 Å². The fourth-order valence-corrected chi connectivity index (χ4v) is 13.8. The van der Waals surface area contributed by atoms with Crippen LogP contribution in [0.15, 0.2) is 11.6 Å². The Balaban J connectivity index is 0.872. The molecule has 27 unspecified atom stereocenters. The lowest BCUT2D eigenvalue weighted by molar-refractivity contribution is -0.391. The number of fused-ring (bicyclic) bond motifs is 7. The second kappa shape index (κ2) is 18.1. The molecule has 9 rings (SSSR count). The Kier molecular flexibility index (Phi) is 13.6. The fourth-order valence-electron chi connectivity index (χ4n) is 13.8. The maximum atomic E-state index is 14.5. The molecule has 9 aliphatic rings. The van der Waals surface area contributed by atoms with Crippen LogP contribution in [0.5, 0.6) is 0 Å². The summed E-state index contributed by atoms with van der Waals surface area (Å²) in [6.45, 7) is 6.86. The van der Waals surface area contributed by atoms with Gasteiger partial charge in [0.05, 0.1) is 44.7 Å². The maximum absolute atomic E-state index is 14.5. The summed E-state index contributed by atoms with van der Waals surface area (Å²) < 4.78 is 48.3. The van der Waals surface area contributed by atoms with Crippen LogP contribution in [-0.2, 0) is 42.7 Å². The van der Waals surface area contributed by atoms with Gasteiger partial charge < -0.3 is 94.1 Å². The highest BCUT2D eigenvalue weighted by Gasteiger charge is 2.71. The highest BCUT2D eigenvalue weighted by Crippen LogP contribution is 2.69. The van der Waals surface area contributed by atoms with Crippen molar-refractivity contribution in [3.8, 4) is 0 Å². The van der Waals surface area contributed by atoms with Gasteiger partial charge in [0.2, 0.25) is 0 Å². The third-order valence-electron chi connectivity index (χ3n) is 17.6. The van der Waals surface area contributed by atoms with Gasteiger partial charge in [-0.15, -0.1) is 0 Å². The van der Waals surface area contributed by atoms with Gasteiger partial charge >= 0.3 is 0 Å². The molecule has 5 heterocycles. The van der Waals surface area contributed by atoms with Crippen molar-refractivity contribution in [3.63, 3.8) is 0 Å². The predicted molar refractivity (Wildman–Crippen MR) is 217 cm³/mol. The van der Waals surface area contributed by atoms with Crippen molar-refractivity contribution >= 4 is 5.78 Å². The number of aliphatic hydroxyl groups excluding tert-OH is 11. The van der Waals surface area contributed by atoms with Crippen molar-refractivity contribution < 1.29 is 98.9 Å². The Bertz CT molecular complexity index is 1740. The first-order valence-corrected chi connectivity index (χ1v) is 23.6. The first kappa shape index (κ1) is 48.7. The number of hydrogen-bond acceptors (Lipinski definition) is 20. The van der Waals surface area contributed by atoms with Crippen LogP contribution in [0.4, 0.5) is 0 Å². The molecule has 0 bridgehead atoms. The first-order chi connectivity index (χ1) is 30.8. The van der Waals surface area contributed by atoms with Crippen molar-refractivity contribution in [2.75, 3.05) is 26.4 Å². The first-order valence-electron chi connectivity index (χ1n) is 23.6. The number of carbonyl (C=O) groups excluding carboxylic acids is 1. The van der Waals surface area contributed by atoms with Crippen molar-refractivity contribution in [2.45, 2.75) is 189 Å². The molecule has 5 saturated heterocycles. The number of ketones is 1. The van der Waals surface area contributed by atoms with Gasteiger partial charge in [-0.3, -0.25) is 4.79 Å². The van der Waals surface area contributed by atoms with Gasteiger partial charge in [0.15, 0.2) is 30.4 Å². The van der Waals surface area contributed by atoms with Crippen LogP contribution in [0, 0.1) is 46.3 Å². The van der Waals surface area contributed by atoms with E-state index in [1.54, 1.807) is 0 Å². The second-order valence-electron chi connectivity index (χ2n) is 21.1. The number of allylic oxidation sites excluding steroid dienone is 2. The molecule has 0 aromatic rings. The minimum Gasteiger partial charge on any atom is -0.394 e. The van der Waals surface area contributed by atoms with Crippen molar-refractivity contribution in [3.05, 3.63) is 11.6 Å². The molecule has 0 aromatic heterocycles. The Morgan fingerprint density at radius 2 is 1.29 bits per heavy atom. The average molecular weight is 931 g/mol. The molecular formula is C45H70O20. The van der Waals surface area contributed by atoms with Gasteiger partial charge in [-0.25, -0.2) is 0 Å². The summed E-state index contributed by atoms with van der Waals surface area (Å²) >= 11 is 0. The monoisotopic (exact) mass is 930 g/mol. The molecule has 5 aliphatic heterocycles. The Morgan fingerprint density at radius 3 is 1.95 bits per heavy atom. The van der Waals surface area contributed by atoms with E-state index in [9.17, 15) is 61.0 Å². The maximum Gasteiger partial charge on any atom is 0.187 e. The molecule has 3 saturated carbocycles. The van der Waals surface area contributed by atoms with E-state index in [2.05, 4.69) is 27.7 Å². The molecule has 11 N–H and O–H groups in total. The van der Waals surface area contributed by atoms with E-state index in [1.165, 1.54) is 0 Å². The van der Waals surface area contributed by atoms with Crippen LogP contribution < -0.4 is 0 Å². The van der Waals surface area contributed by atoms with Gasteiger partial charge in [-0.1, -0.05) is 33.3 Å². The molecule has 20 nitrogen and oxygen atoms in total. The fraction of sp³-hybridized carbons (Fsp3) is 0.933. The molecule has 8 fully saturated rings. The number of rotatable bonds is 9. The second-order valence-corrected chi connectivity index (χ2v) is 21.1. The number of aliphatic hydroxyl groups is 11. The number of carbonyl (C=O) groups is 1. The zero-order valence-electron chi connectivity index (χ0n) is 37.3. The zero-order chi connectivity index (χ0) is 46.7. The number of hydrogen-bond donors (Lipinski definition) is 11. The van der Waals surface area contributed by atoms with E-state index in [0.29, 0.717) is 18.9 Å². The third-order valence-corrected chi connectivity index (χ3v) is 17.6. The van der Waals surface area contributed by atoms with Gasteiger partial charge in [-0.05, 0) is 73.7 Å². The Hall–Kier alpha value is -1.35. The lowest BCUT2D eigenvalue weighted by atomic mass is 9.47. The van der Waals surface area contributed by atoms with Gasteiger partial charge in [0.1, 0.15) is 73.2 Å². The summed E-state index contributed by atoms with van der Waals surface area (Å²) in [5, 5.41) is 118. The van der Waals surface area contributed by atoms with E-state index in [0.717, 1.165) is 37.7 Å². The van der Waals surface area contributed by atoms with E-state index in [4.69, 9.17) is 37.9 Å². The molecular weight excluding hydrogens is 860 g/mol. The summed E-state index contributed by atoms with van der Waals surface area (Å²) in [6.07, 6.45) is -21.1. The van der Waals surface area contributed by atoms with Crippen molar-refractivity contribution in [2.24, 2.45) is 46.3 Å².